The van der Waals surface area contributed by atoms with Crippen LogP contribution in [-0.4, -0.2) is 30.2 Å². The van der Waals surface area contributed by atoms with Gasteiger partial charge in [0.25, 0.3) is 11.5 Å². The number of amides is 1. The third kappa shape index (κ3) is 7.03. The van der Waals surface area contributed by atoms with Gasteiger partial charge in [0.05, 0.1) is 11.4 Å². The lowest BCUT2D eigenvalue weighted by Gasteiger charge is -2.16. The molecule has 1 heterocycles. The minimum atomic E-state index is -5.08. The molecule has 0 aliphatic rings. The molecule has 4 aromatic rings. The Hall–Kier alpha value is -4.69. The van der Waals surface area contributed by atoms with Crippen LogP contribution in [0.5, 0.6) is 5.75 Å². The van der Waals surface area contributed by atoms with Crippen molar-refractivity contribution in [2.45, 2.75) is 24.3 Å². The third-order valence-corrected chi connectivity index (χ3v) is 6.59. The molecular weight excluding hydrogens is 553 g/mol. The van der Waals surface area contributed by atoms with Gasteiger partial charge in [-0.25, -0.2) is 18.4 Å². The van der Waals surface area contributed by atoms with Crippen LogP contribution in [0.25, 0.3) is 11.1 Å². The molecule has 10 nitrogen and oxygen atoms in total. The largest absolute Gasteiger partial charge is 0.573 e. The van der Waals surface area contributed by atoms with E-state index in [1.54, 1.807) is 30.3 Å². The number of aromatic nitrogens is 2. The van der Waals surface area contributed by atoms with Crippen LogP contribution >= 0.6 is 0 Å². The molecule has 0 saturated heterocycles. The lowest BCUT2D eigenvalue weighted by atomic mass is 10.0. The predicted octanol–water partition coefficient (Wildman–Crippen LogP) is 2.73. The Labute approximate surface area is 224 Å². The molecule has 0 bridgehead atoms. The van der Waals surface area contributed by atoms with Crippen LogP contribution in [0.1, 0.15) is 21.6 Å². The Bertz CT molecular complexity index is 1750. The molecule has 0 saturated carbocycles. The van der Waals surface area contributed by atoms with Gasteiger partial charge >= 0.3 is 12.1 Å². The number of H-pyrrole nitrogens is 1. The summed E-state index contributed by atoms with van der Waals surface area (Å²) in [5.41, 5.74) is -0.928. The maximum Gasteiger partial charge on any atom is 0.573 e. The summed E-state index contributed by atoms with van der Waals surface area (Å²) in [5, 5.41) is 7.49. The summed E-state index contributed by atoms with van der Waals surface area (Å²) in [7, 11) is -4.06. The Morgan fingerprint density at radius 3 is 2.30 bits per heavy atom. The zero-order valence-electron chi connectivity index (χ0n) is 20.4. The van der Waals surface area contributed by atoms with Crippen molar-refractivity contribution in [3.05, 3.63) is 117 Å². The first-order valence-electron chi connectivity index (χ1n) is 11.5. The molecule has 0 atom stereocenters. The summed E-state index contributed by atoms with van der Waals surface area (Å²) >= 11 is 0. The highest BCUT2D eigenvalue weighted by Gasteiger charge is 2.32. The van der Waals surface area contributed by atoms with Gasteiger partial charge in [0, 0.05) is 18.2 Å². The first-order valence-corrected chi connectivity index (χ1v) is 13.0. The van der Waals surface area contributed by atoms with Gasteiger partial charge in [-0.15, -0.1) is 13.2 Å². The van der Waals surface area contributed by atoms with Crippen molar-refractivity contribution < 1.29 is 31.1 Å². The molecule has 4 rings (SSSR count). The maximum atomic E-state index is 13.1. The van der Waals surface area contributed by atoms with Gasteiger partial charge in [0.2, 0.25) is 10.0 Å². The fourth-order valence-corrected chi connectivity index (χ4v) is 4.34. The molecule has 4 N–H and O–H groups in total. The van der Waals surface area contributed by atoms with Crippen molar-refractivity contribution in [2.24, 2.45) is 5.14 Å². The van der Waals surface area contributed by atoms with Gasteiger partial charge in [-0.2, -0.15) is 0 Å². The van der Waals surface area contributed by atoms with E-state index in [1.807, 2.05) is 0 Å². The molecule has 14 heteroatoms. The fourth-order valence-electron chi connectivity index (χ4n) is 3.78. The molecule has 0 aliphatic carbocycles. The van der Waals surface area contributed by atoms with Crippen LogP contribution in [0.15, 0.2) is 93.3 Å². The fraction of sp³-hybridized carbons (Fsp3) is 0.115. The van der Waals surface area contributed by atoms with Crippen LogP contribution in [0, 0.1) is 0 Å². The van der Waals surface area contributed by atoms with E-state index in [0.29, 0.717) is 5.56 Å². The lowest BCUT2D eigenvalue weighted by Crippen LogP contribution is -2.38. The number of hydrogen-bond acceptors (Lipinski definition) is 6. The molecule has 0 aliphatic heterocycles. The van der Waals surface area contributed by atoms with E-state index in [1.165, 1.54) is 36.4 Å². The number of sulfonamides is 1. The first-order chi connectivity index (χ1) is 18.8. The average molecular weight is 575 g/mol. The molecule has 1 aromatic heterocycles. The highest BCUT2D eigenvalue weighted by atomic mass is 32.2. The number of nitrogens with two attached hydrogens (primary N) is 1. The van der Waals surface area contributed by atoms with E-state index in [4.69, 9.17) is 5.14 Å². The Kier molecular flexibility index (Phi) is 7.93. The standard InChI is InChI=1S/C26H21F3N4O6S/c27-26(28,29)39-22-12-18(17-7-4-8-20(11-17)40(30,37)38)9-10-19(22)14-31-24(35)21-13-23(34)33(25(36)32-21)15-16-5-2-1-3-6-16/h1-13H,14-15H2,(H,31,35)(H,32,36)(H2,30,37,38). The number of ether oxygens (including phenoxy) is 1. The second-order valence-electron chi connectivity index (χ2n) is 8.52. The SMILES string of the molecule is NS(=O)(=O)c1cccc(-c2ccc(CNC(=O)c3cc(=O)n(Cc4ccccc4)c(=O)[nH]3)c(OC(F)(F)F)c2)c1. The zero-order chi connectivity index (χ0) is 29.1. The van der Waals surface area contributed by atoms with Crippen LogP contribution in [0.3, 0.4) is 0 Å². The molecular formula is C26H21F3N4O6S. The monoisotopic (exact) mass is 574 g/mol. The molecule has 0 fully saturated rings. The van der Waals surface area contributed by atoms with Crippen molar-refractivity contribution in [1.29, 1.82) is 0 Å². The average Bonchev–Trinajstić information content (AvgIpc) is 2.89. The Balaban J connectivity index is 1.57. The highest BCUT2D eigenvalue weighted by molar-refractivity contribution is 7.89. The summed E-state index contributed by atoms with van der Waals surface area (Å²) in [6.07, 6.45) is -5.08. The van der Waals surface area contributed by atoms with Crippen molar-refractivity contribution in [3.8, 4) is 16.9 Å². The van der Waals surface area contributed by atoms with E-state index >= 15 is 0 Å². The molecule has 0 radical (unpaired) electrons. The number of nitrogens with zero attached hydrogens (tertiary/aromatic N) is 1. The second-order valence-corrected chi connectivity index (χ2v) is 10.1. The molecule has 3 aromatic carbocycles. The topological polar surface area (TPSA) is 153 Å². The Morgan fingerprint density at radius 2 is 1.65 bits per heavy atom. The summed E-state index contributed by atoms with van der Waals surface area (Å²) in [6, 6.07) is 18.6. The zero-order valence-corrected chi connectivity index (χ0v) is 21.3. The molecule has 208 valence electrons. The summed E-state index contributed by atoms with van der Waals surface area (Å²) < 4.78 is 67.8. The summed E-state index contributed by atoms with van der Waals surface area (Å²) in [4.78, 5) is 39.6. The van der Waals surface area contributed by atoms with Crippen LogP contribution in [-0.2, 0) is 23.1 Å². The van der Waals surface area contributed by atoms with Crippen molar-refractivity contribution >= 4 is 15.9 Å². The van der Waals surface area contributed by atoms with E-state index in [-0.39, 0.29) is 33.8 Å². The smallest absolute Gasteiger partial charge is 0.405 e. The summed E-state index contributed by atoms with van der Waals surface area (Å²) in [6.45, 7) is -0.488. The Morgan fingerprint density at radius 1 is 0.950 bits per heavy atom. The van der Waals surface area contributed by atoms with E-state index < -0.39 is 45.8 Å². The van der Waals surface area contributed by atoms with Crippen molar-refractivity contribution in [3.63, 3.8) is 0 Å². The van der Waals surface area contributed by atoms with Crippen LogP contribution in [0.2, 0.25) is 0 Å². The predicted molar refractivity (Wildman–Crippen MR) is 138 cm³/mol. The van der Waals surface area contributed by atoms with Gasteiger partial charge in [-0.1, -0.05) is 54.6 Å². The van der Waals surface area contributed by atoms with Crippen LogP contribution in [0.4, 0.5) is 13.2 Å². The molecule has 40 heavy (non-hydrogen) atoms. The van der Waals surface area contributed by atoms with Crippen molar-refractivity contribution in [2.75, 3.05) is 0 Å². The van der Waals surface area contributed by atoms with Gasteiger partial charge in [0.1, 0.15) is 11.4 Å². The van der Waals surface area contributed by atoms with Gasteiger partial charge in [-0.05, 0) is 34.9 Å². The minimum absolute atomic E-state index is 0.0263. The van der Waals surface area contributed by atoms with E-state index in [9.17, 15) is 36.0 Å². The van der Waals surface area contributed by atoms with Gasteiger partial charge < -0.3 is 15.0 Å². The molecule has 0 unspecified atom stereocenters. The van der Waals surface area contributed by atoms with Gasteiger partial charge in [-0.3, -0.25) is 14.2 Å². The number of alkyl halides is 3. The lowest BCUT2D eigenvalue weighted by molar-refractivity contribution is -0.274. The van der Waals surface area contributed by atoms with E-state index in [0.717, 1.165) is 16.7 Å². The number of aromatic amines is 1. The molecule has 1 amide bonds. The number of carbonyl (C=O) groups excluding carboxylic acids is 1. The molecule has 0 spiro atoms. The number of halogens is 3. The number of primary sulfonamides is 1. The number of nitrogens with one attached hydrogen (secondary N) is 2. The normalized spacial score (nSPS) is 11.7. The van der Waals surface area contributed by atoms with Gasteiger partial charge in [0.15, 0.2) is 0 Å². The maximum absolute atomic E-state index is 13.1. The number of hydrogen-bond donors (Lipinski definition) is 3. The third-order valence-electron chi connectivity index (χ3n) is 5.68. The number of rotatable bonds is 8. The summed E-state index contributed by atoms with van der Waals surface area (Å²) in [5.74, 6) is -1.57. The van der Waals surface area contributed by atoms with Crippen LogP contribution < -0.4 is 26.4 Å². The minimum Gasteiger partial charge on any atom is -0.405 e. The highest BCUT2D eigenvalue weighted by Crippen LogP contribution is 2.32. The second kappa shape index (κ2) is 11.2. The number of carbonyl (C=O) groups is 1. The van der Waals surface area contributed by atoms with E-state index in [2.05, 4.69) is 15.0 Å². The first kappa shape index (κ1) is 28.3. The van der Waals surface area contributed by atoms with Crippen molar-refractivity contribution in [1.82, 2.24) is 14.9 Å². The number of benzene rings is 3. The quantitative estimate of drug-likeness (QED) is 0.294.